The molecule has 3 fully saturated rings. The molecule has 1 amide bonds. The second-order valence-corrected chi connectivity index (χ2v) is 8.32. The zero-order chi connectivity index (χ0) is 20.4. The number of carbonyl (C=O) groups is 1. The monoisotopic (exact) mass is 409 g/mol. The topological polar surface area (TPSA) is 101 Å². The molecular weight excluding hydrogens is 386 g/mol. The van der Waals surface area contributed by atoms with Crippen molar-refractivity contribution in [2.45, 2.75) is 38.1 Å². The second-order valence-electron chi connectivity index (χ2n) is 8.32. The molecule has 5 heterocycles. The van der Waals surface area contributed by atoms with E-state index in [1.165, 1.54) is 0 Å². The molecule has 3 aliphatic heterocycles. The van der Waals surface area contributed by atoms with Crippen LogP contribution < -0.4 is 10.9 Å². The van der Waals surface area contributed by atoms with Gasteiger partial charge in [0.05, 0.1) is 30.4 Å². The molecule has 3 saturated heterocycles. The highest BCUT2D eigenvalue weighted by Crippen LogP contribution is 2.29. The number of fused-ring (bicyclic) bond motifs is 5. The van der Waals surface area contributed by atoms with Crippen molar-refractivity contribution in [3.05, 3.63) is 45.6 Å². The number of hydrogen-bond donors (Lipinski definition) is 2. The number of aromatic nitrogens is 3. The van der Waals surface area contributed by atoms with Crippen molar-refractivity contribution in [1.82, 2.24) is 24.6 Å². The molecule has 1 aromatic carbocycles. The smallest absolute Gasteiger partial charge is 0.274 e. The van der Waals surface area contributed by atoms with Crippen LogP contribution in [0.3, 0.4) is 0 Å². The molecule has 0 aliphatic carbocycles. The molecule has 2 bridgehead atoms. The summed E-state index contributed by atoms with van der Waals surface area (Å²) in [6.07, 6.45) is 3.23. The highest BCUT2D eigenvalue weighted by atomic mass is 16.5. The van der Waals surface area contributed by atoms with Crippen LogP contribution in [0, 0.1) is 6.92 Å². The number of carbonyl (C=O) groups excluding carboxylic acids is 1. The lowest BCUT2D eigenvalue weighted by atomic mass is 9.99. The minimum Gasteiger partial charge on any atom is -0.381 e. The van der Waals surface area contributed by atoms with Crippen molar-refractivity contribution in [2.24, 2.45) is 0 Å². The fourth-order valence-electron chi connectivity index (χ4n) is 4.91. The van der Waals surface area contributed by atoms with E-state index in [2.05, 4.69) is 15.3 Å². The fraction of sp³-hybridized carbons (Fsp3) is 0.476. The molecule has 9 nitrogen and oxygen atoms in total. The zero-order valence-electron chi connectivity index (χ0n) is 16.7. The van der Waals surface area contributed by atoms with Crippen LogP contribution in [0.25, 0.3) is 16.6 Å². The van der Waals surface area contributed by atoms with Gasteiger partial charge in [0.15, 0.2) is 0 Å². The lowest BCUT2D eigenvalue weighted by Crippen LogP contribution is -2.42. The molecule has 0 radical (unpaired) electrons. The van der Waals surface area contributed by atoms with E-state index in [9.17, 15) is 9.59 Å². The Hall–Kier alpha value is -2.75. The Morgan fingerprint density at radius 3 is 2.80 bits per heavy atom. The maximum absolute atomic E-state index is 13.2. The minimum atomic E-state index is -0.203. The predicted molar refractivity (Wildman–Crippen MR) is 109 cm³/mol. The number of hydrogen-bond acceptors (Lipinski definition) is 6. The molecule has 0 saturated carbocycles. The number of imidazole rings is 1. The lowest BCUT2D eigenvalue weighted by Gasteiger charge is -2.26. The summed E-state index contributed by atoms with van der Waals surface area (Å²) in [6, 6.07) is 3.78. The first-order chi connectivity index (χ1) is 14.6. The maximum atomic E-state index is 13.2. The number of rotatable bonds is 2. The van der Waals surface area contributed by atoms with Crippen LogP contribution in [0.15, 0.2) is 23.1 Å². The van der Waals surface area contributed by atoms with Crippen LogP contribution in [0.5, 0.6) is 0 Å². The molecular formula is C21H23N5O4. The van der Waals surface area contributed by atoms with Crippen molar-refractivity contribution in [2.75, 3.05) is 26.4 Å². The van der Waals surface area contributed by atoms with E-state index < -0.39 is 0 Å². The van der Waals surface area contributed by atoms with Crippen molar-refractivity contribution < 1.29 is 14.3 Å². The molecule has 3 aromatic rings. The summed E-state index contributed by atoms with van der Waals surface area (Å²) in [5, 5.41) is 3.26. The van der Waals surface area contributed by atoms with E-state index in [1.807, 2.05) is 22.3 Å². The Labute approximate surface area is 172 Å². The van der Waals surface area contributed by atoms with E-state index in [0.29, 0.717) is 43.0 Å². The van der Waals surface area contributed by atoms with Gasteiger partial charge in [-0.05, 0) is 37.5 Å². The van der Waals surface area contributed by atoms with E-state index in [-0.39, 0.29) is 29.8 Å². The maximum Gasteiger partial charge on any atom is 0.274 e. The van der Waals surface area contributed by atoms with Gasteiger partial charge in [-0.15, -0.1) is 0 Å². The SMILES string of the molecule is Cc1cc2c(cc1C(=O)N1C[C@@H]3N[C@H]1CO3)[nH]c(=O)c1cnc(C3CCOCC3)n12. The highest BCUT2D eigenvalue weighted by molar-refractivity contribution is 5.99. The number of aromatic amines is 1. The summed E-state index contributed by atoms with van der Waals surface area (Å²) in [5.41, 5.74) is 3.30. The Balaban J connectivity index is 1.49. The number of nitrogens with zero attached hydrogens (tertiary/aromatic N) is 3. The zero-order valence-corrected chi connectivity index (χ0v) is 16.7. The molecule has 9 heteroatoms. The first-order valence-electron chi connectivity index (χ1n) is 10.4. The van der Waals surface area contributed by atoms with Crippen LogP contribution in [-0.2, 0) is 9.47 Å². The normalized spacial score (nSPS) is 24.4. The number of nitrogens with one attached hydrogen (secondary N) is 2. The molecule has 2 aromatic heterocycles. The van der Waals surface area contributed by atoms with E-state index in [4.69, 9.17) is 9.47 Å². The summed E-state index contributed by atoms with van der Waals surface area (Å²) in [5.74, 6) is 1.09. The summed E-state index contributed by atoms with van der Waals surface area (Å²) in [6.45, 7) is 4.38. The first kappa shape index (κ1) is 18.1. The van der Waals surface area contributed by atoms with Gasteiger partial charge in [0.1, 0.15) is 23.7 Å². The van der Waals surface area contributed by atoms with Gasteiger partial charge in [-0.1, -0.05) is 0 Å². The van der Waals surface area contributed by atoms with Gasteiger partial charge in [0, 0.05) is 24.7 Å². The van der Waals surface area contributed by atoms with Gasteiger partial charge in [-0.2, -0.15) is 0 Å². The Kier molecular flexibility index (Phi) is 3.99. The third-order valence-electron chi connectivity index (χ3n) is 6.50. The van der Waals surface area contributed by atoms with Crippen molar-refractivity contribution in [3.63, 3.8) is 0 Å². The van der Waals surface area contributed by atoms with E-state index in [1.54, 1.807) is 12.3 Å². The standard InChI is InChI=1S/C21H23N5O4/c1-11-6-15-14(7-13(11)21(28)25-9-18-24-17(25)10-30-18)23-20(27)16-8-22-19(26(15)16)12-2-4-29-5-3-12/h6-8,12,17-18,24H,2-5,9-10H2,1H3,(H,23,27)/t17-,18-/m1/s1. The predicted octanol–water partition coefficient (Wildman–Crippen LogP) is 1.11. The molecule has 156 valence electrons. The van der Waals surface area contributed by atoms with Gasteiger partial charge < -0.3 is 19.4 Å². The van der Waals surface area contributed by atoms with Crippen LogP contribution in [-0.4, -0.2) is 63.9 Å². The average molecular weight is 409 g/mol. The quantitative estimate of drug-likeness (QED) is 0.658. The number of ether oxygens (including phenoxy) is 2. The van der Waals surface area contributed by atoms with Gasteiger partial charge in [-0.25, -0.2) is 4.98 Å². The van der Waals surface area contributed by atoms with Gasteiger partial charge >= 0.3 is 0 Å². The van der Waals surface area contributed by atoms with Gasteiger partial charge in [0.2, 0.25) is 0 Å². The second kappa shape index (κ2) is 6.63. The molecule has 30 heavy (non-hydrogen) atoms. The molecule has 6 rings (SSSR count). The van der Waals surface area contributed by atoms with Crippen molar-refractivity contribution in [3.8, 4) is 0 Å². The van der Waals surface area contributed by atoms with Crippen molar-refractivity contribution >= 4 is 22.5 Å². The lowest BCUT2D eigenvalue weighted by molar-refractivity contribution is 0.0253. The number of morpholine rings is 1. The van der Waals surface area contributed by atoms with Crippen LogP contribution in [0.1, 0.15) is 40.5 Å². The largest absolute Gasteiger partial charge is 0.381 e. The number of H-pyrrole nitrogens is 1. The molecule has 3 aliphatic rings. The molecule has 2 N–H and O–H groups in total. The minimum absolute atomic E-state index is 0.0473. The Morgan fingerprint density at radius 1 is 1.23 bits per heavy atom. The number of amides is 1. The van der Waals surface area contributed by atoms with Crippen molar-refractivity contribution in [1.29, 1.82) is 0 Å². The van der Waals surface area contributed by atoms with Crippen LogP contribution in [0.4, 0.5) is 0 Å². The Bertz CT molecular complexity index is 1230. The van der Waals surface area contributed by atoms with Gasteiger partial charge in [-0.3, -0.25) is 19.3 Å². The highest BCUT2D eigenvalue weighted by Gasteiger charge is 2.41. The van der Waals surface area contributed by atoms with Crippen LogP contribution >= 0.6 is 0 Å². The summed E-state index contributed by atoms with van der Waals surface area (Å²) >= 11 is 0. The molecule has 0 spiro atoms. The Morgan fingerprint density at radius 2 is 2.07 bits per heavy atom. The molecule has 2 atom stereocenters. The summed E-state index contributed by atoms with van der Waals surface area (Å²) in [7, 11) is 0. The van der Waals surface area contributed by atoms with E-state index in [0.717, 1.165) is 29.7 Å². The first-order valence-corrected chi connectivity index (χ1v) is 10.4. The van der Waals surface area contributed by atoms with E-state index >= 15 is 0 Å². The molecule has 0 unspecified atom stereocenters. The summed E-state index contributed by atoms with van der Waals surface area (Å²) < 4.78 is 13.0. The summed E-state index contributed by atoms with van der Waals surface area (Å²) in [4.78, 5) is 35.3. The van der Waals surface area contributed by atoms with Gasteiger partial charge in [0.25, 0.3) is 11.5 Å². The number of benzene rings is 1. The third-order valence-corrected chi connectivity index (χ3v) is 6.50. The fourth-order valence-corrected chi connectivity index (χ4v) is 4.91. The van der Waals surface area contributed by atoms with Crippen LogP contribution in [0.2, 0.25) is 0 Å². The third kappa shape index (κ3) is 2.62. The number of aryl methyl sites for hydroxylation is 1. The average Bonchev–Trinajstić information content (AvgIpc) is 3.50.